The molecule has 2 nitrogen and oxygen atoms in total. The van der Waals surface area contributed by atoms with E-state index in [9.17, 15) is 5.26 Å². The van der Waals surface area contributed by atoms with Gasteiger partial charge in [-0.2, -0.15) is 5.26 Å². The molecule has 0 spiro atoms. The highest BCUT2D eigenvalue weighted by Crippen LogP contribution is 2.33. The van der Waals surface area contributed by atoms with Gasteiger partial charge in [0.05, 0.1) is 18.8 Å². The zero-order valence-electron chi connectivity index (χ0n) is 11.8. The molecule has 4 heteroatoms. The van der Waals surface area contributed by atoms with E-state index in [2.05, 4.69) is 28.1 Å². The topological polar surface area (TPSA) is 33.0 Å². The number of halogens is 1. The summed E-state index contributed by atoms with van der Waals surface area (Å²) in [6.45, 7) is 0. The number of methoxy groups -OCH3 is 1. The van der Waals surface area contributed by atoms with Crippen molar-refractivity contribution in [1.29, 1.82) is 5.26 Å². The Morgan fingerprint density at radius 2 is 2.09 bits per heavy atom. The van der Waals surface area contributed by atoms with Crippen LogP contribution in [0.4, 0.5) is 0 Å². The van der Waals surface area contributed by atoms with Gasteiger partial charge in [-0.05, 0) is 30.3 Å². The Labute approximate surface area is 141 Å². The second-order valence-electron chi connectivity index (χ2n) is 4.70. The zero-order valence-corrected chi connectivity index (χ0v) is 14.2. The SMILES string of the molecule is COc1ccc(Br)cc1/C=C(\C#N)c1csc2ccccc12. The summed E-state index contributed by atoms with van der Waals surface area (Å²) in [5, 5.41) is 12.7. The fourth-order valence-corrected chi connectivity index (χ4v) is 3.67. The number of nitrogens with zero attached hydrogens (tertiary/aromatic N) is 1. The van der Waals surface area contributed by atoms with Crippen LogP contribution < -0.4 is 4.74 Å². The maximum absolute atomic E-state index is 9.59. The molecule has 0 saturated carbocycles. The van der Waals surface area contributed by atoms with Gasteiger partial charge in [0.15, 0.2) is 0 Å². The van der Waals surface area contributed by atoms with Crippen LogP contribution in [0.25, 0.3) is 21.7 Å². The summed E-state index contributed by atoms with van der Waals surface area (Å²) in [7, 11) is 1.63. The summed E-state index contributed by atoms with van der Waals surface area (Å²) in [4.78, 5) is 0. The van der Waals surface area contributed by atoms with E-state index in [1.165, 1.54) is 4.70 Å². The third-order valence-electron chi connectivity index (χ3n) is 3.38. The summed E-state index contributed by atoms with van der Waals surface area (Å²) in [5.41, 5.74) is 2.47. The predicted octanol–water partition coefficient (Wildman–Crippen LogP) is 5.74. The largest absolute Gasteiger partial charge is 0.496 e. The van der Waals surface area contributed by atoms with E-state index in [1.807, 2.05) is 47.9 Å². The average Bonchev–Trinajstić information content (AvgIpc) is 2.97. The van der Waals surface area contributed by atoms with Gasteiger partial charge in [-0.3, -0.25) is 0 Å². The number of hydrogen-bond acceptors (Lipinski definition) is 3. The summed E-state index contributed by atoms with van der Waals surface area (Å²) < 4.78 is 7.51. The second kappa shape index (κ2) is 6.35. The molecule has 1 aromatic heterocycles. The van der Waals surface area contributed by atoms with Gasteiger partial charge in [0.1, 0.15) is 5.75 Å². The number of fused-ring (bicyclic) bond motifs is 1. The van der Waals surface area contributed by atoms with Crippen molar-refractivity contribution in [2.75, 3.05) is 7.11 Å². The van der Waals surface area contributed by atoms with Gasteiger partial charge in [-0.25, -0.2) is 0 Å². The molecule has 22 heavy (non-hydrogen) atoms. The molecule has 108 valence electrons. The highest BCUT2D eigenvalue weighted by atomic mass is 79.9. The van der Waals surface area contributed by atoms with E-state index < -0.39 is 0 Å². The molecule has 0 N–H and O–H groups in total. The molecule has 0 unspecified atom stereocenters. The second-order valence-corrected chi connectivity index (χ2v) is 6.53. The third-order valence-corrected chi connectivity index (χ3v) is 4.84. The van der Waals surface area contributed by atoms with E-state index in [-0.39, 0.29) is 0 Å². The minimum atomic E-state index is 0.633. The molecule has 3 aromatic rings. The quantitative estimate of drug-likeness (QED) is 0.551. The Balaban J connectivity index is 2.16. The predicted molar refractivity (Wildman–Crippen MR) is 96.0 cm³/mol. The number of ether oxygens (including phenoxy) is 1. The molecule has 0 amide bonds. The van der Waals surface area contributed by atoms with Crippen LogP contribution in [0, 0.1) is 11.3 Å². The first-order chi connectivity index (χ1) is 10.7. The highest BCUT2D eigenvalue weighted by Gasteiger charge is 2.10. The lowest BCUT2D eigenvalue weighted by Gasteiger charge is -2.06. The molecule has 0 atom stereocenters. The fourth-order valence-electron chi connectivity index (χ4n) is 2.33. The molecule has 0 saturated heterocycles. The van der Waals surface area contributed by atoms with E-state index in [0.29, 0.717) is 5.57 Å². The van der Waals surface area contributed by atoms with Crippen LogP contribution >= 0.6 is 27.3 Å². The molecule has 0 radical (unpaired) electrons. The maximum atomic E-state index is 9.59. The Hall–Kier alpha value is -2.09. The lowest BCUT2D eigenvalue weighted by Crippen LogP contribution is -1.88. The fraction of sp³-hybridized carbons (Fsp3) is 0.0556. The molecule has 3 rings (SSSR count). The summed E-state index contributed by atoms with van der Waals surface area (Å²) in [6.07, 6.45) is 1.87. The van der Waals surface area contributed by atoms with Crippen LogP contribution in [-0.4, -0.2) is 7.11 Å². The van der Waals surface area contributed by atoms with E-state index in [0.717, 1.165) is 26.7 Å². The monoisotopic (exact) mass is 369 g/mol. The van der Waals surface area contributed by atoms with Crippen molar-refractivity contribution in [2.45, 2.75) is 0 Å². The van der Waals surface area contributed by atoms with Crippen LogP contribution in [0.1, 0.15) is 11.1 Å². The summed E-state index contributed by atoms with van der Waals surface area (Å²) in [6, 6.07) is 16.2. The van der Waals surface area contributed by atoms with E-state index in [1.54, 1.807) is 18.4 Å². The first-order valence-corrected chi connectivity index (χ1v) is 8.32. The molecule has 0 fully saturated rings. The van der Waals surface area contributed by atoms with Crippen LogP contribution in [0.5, 0.6) is 5.75 Å². The smallest absolute Gasteiger partial charge is 0.126 e. The lowest BCUT2D eigenvalue weighted by atomic mass is 10.0. The van der Waals surface area contributed by atoms with E-state index in [4.69, 9.17) is 4.74 Å². The minimum Gasteiger partial charge on any atom is -0.496 e. The van der Waals surface area contributed by atoms with Crippen LogP contribution in [0.3, 0.4) is 0 Å². The van der Waals surface area contributed by atoms with Crippen molar-refractivity contribution in [3.8, 4) is 11.8 Å². The lowest BCUT2D eigenvalue weighted by molar-refractivity contribution is 0.414. The van der Waals surface area contributed by atoms with Crippen LogP contribution in [0.15, 0.2) is 52.3 Å². The molecular formula is C18H12BrNOS. The number of hydrogen-bond donors (Lipinski definition) is 0. The standard InChI is InChI=1S/C18H12BrNOS/c1-21-17-7-6-14(19)9-12(17)8-13(10-20)16-11-22-18-5-3-2-4-15(16)18/h2-9,11H,1H3/b13-8+. The number of nitriles is 1. The van der Waals surface area contributed by atoms with Crippen LogP contribution in [0.2, 0.25) is 0 Å². The first-order valence-electron chi connectivity index (χ1n) is 6.65. The average molecular weight is 370 g/mol. The van der Waals surface area contributed by atoms with Crippen molar-refractivity contribution >= 4 is 49.0 Å². The number of thiophene rings is 1. The van der Waals surface area contributed by atoms with Crippen molar-refractivity contribution in [2.24, 2.45) is 0 Å². The van der Waals surface area contributed by atoms with Gasteiger partial charge in [0.25, 0.3) is 0 Å². The molecule has 1 heterocycles. The maximum Gasteiger partial charge on any atom is 0.126 e. The van der Waals surface area contributed by atoms with Gasteiger partial charge in [-0.1, -0.05) is 34.1 Å². The summed E-state index contributed by atoms with van der Waals surface area (Å²) in [5.74, 6) is 0.746. The highest BCUT2D eigenvalue weighted by molar-refractivity contribution is 9.10. The Bertz CT molecular complexity index is 905. The van der Waals surface area contributed by atoms with Crippen LogP contribution in [-0.2, 0) is 0 Å². The van der Waals surface area contributed by atoms with Gasteiger partial charge < -0.3 is 4.74 Å². The van der Waals surface area contributed by atoms with Crippen molar-refractivity contribution in [1.82, 2.24) is 0 Å². The minimum absolute atomic E-state index is 0.633. The Morgan fingerprint density at radius 1 is 1.27 bits per heavy atom. The molecule has 0 aliphatic carbocycles. The number of allylic oxidation sites excluding steroid dienone is 1. The molecule has 0 bridgehead atoms. The first kappa shape index (κ1) is 14.8. The molecular weight excluding hydrogens is 358 g/mol. The number of rotatable bonds is 3. The van der Waals surface area contributed by atoms with E-state index >= 15 is 0 Å². The molecule has 0 aliphatic heterocycles. The Kier molecular flexibility index (Phi) is 4.28. The number of benzene rings is 2. The third kappa shape index (κ3) is 2.78. The van der Waals surface area contributed by atoms with Crippen molar-refractivity contribution in [3.63, 3.8) is 0 Å². The van der Waals surface area contributed by atoms with Crippen molar-refractivity contribution < 1.29 is 4.74 Å². The van der Waals surface area contributed by atoms with Gasteiger partial charge in [0.2, 0.25) is 0 Å². The summed E-state index contributed by atoms with van der Waals surface area (Å²) >= 11 is 5.11. The van der Waals surface area contributed by atoms with Gasteiger partial charge in [0, 0.05) is 31.1 Å². The van der Waals surface area contributed by atoms with Gasteiger partial charge >= 0.3 is 0 Å². The van der Waals surface area contributed by atoms with Crippen molar-refractivity contribution in [3.05, 3.63) is 63.4 Å². The normalized spacial score (nSPS) is 11.4. The van der Waals surface area contributed by atoms with Gasteiger partial charge in [-0.15, -0.1) is 11.3 Å². The Morgan fingerprint density at radius 3 is 2.86 bits per heavy atom. The molecule has 2 aromatic carbocycles. The zero-order chi connectivity index (χ0) is 15.5. The molecule has 0 aliphatic rings.